The topological polar surface area (TPSA) is 42.0 Å². The van der Waals surface area contributed by atoms with E-state index in [1.165, 1.54) is 0 Å². The highest BCUT2D eigenvalue weighted by Gasteiger charge is 2.46. The molecule has 3 atom stereocenters. The van der Waals surface area contributed by atoms with E-state index in [4.69, 9.17) is 15.9 Å². The third kappa shape index (κ3) is 4.63. The van der Waals surface area contributed by atoms with Crippen molar-refractivity contribution in [2.75, 3.05) is 33.9 Å². The third-order valence-corrected chi connectivity index (χ3v) is 6.01. The lowest BCUT2D eigenvalue weighted by atomic mass is 9.76. The maximum absolute atomic E-state index is 12.8. The van der Waals surface area contributed by atoms with Crippen LogP contribution in [0.25, 0.3) is 0 Å². The van der Waals surface area contributed by atoms with Crippen LogP contribution in [0.4, 0.5) is 0 Å². The second kappa shape index (κ2) is 8.77. The number of hydrogen-bond donors (Lipinski definition) is 0. The summed E-state index contributed by atoms with van der Waals surface area (Å²) in [7, 11) is 3.93. The number of para-hydroxylation sites is 1. The molecule has 146 valence electrons. The summed E-state index contributed by atoms with van der Waals surface area (Å²) >= 11 is 0. The van der Waals surface area contributed by atoms with Crippen molar-refractivity contribution in [3.63, 3.8) is 0 Å². The van der Waals surface area contributed by atoms with Crippen LogP contribution in [0, 0.1) is 12.3 Å². The van der Waals surface area contributed by atoms with E-state index in [0.29, 0.717) is 12.3 Å². The molecule has 1 aromatic rings. The molecule has 1 aromatic carbocycles. The largest absolute Gasteiger partial charge is 0.484 e. The highest BCUT2D eigenvalue weighted by molar-refractivity contribution is 5.78. The average Bonchev–Trinajstić information content (AvgIpc) is 3.14. The molecule has 0 N–H and O–H groups in total. The Morgan fingerprint density at radius 3 is 2.74 bits per heavy atom. The van der Waals surface area contributed by atoms with Crippen molar-refractivity contribution in [1.82, 2.24) is 9.80 Å². The van der Waals surface area contributed by atoms with Crippen molar-refractivity contribution < 1.29 is 14.3 Å². The highest BCUT2D eigenvalue weighted by Crippen LogP contribution is 2.42. The van der Waals surface area contributed by atoms with E-state index in [9.17, 15) is 4.79 Å². The van der Waals surface area contributed by atoms with Crippen LogP contribution in [0.2, 0.25) is 0 Å². The highest BCUT2D eigenvalue weighted by atomic mass is 16.5. The van der Waals surface area contributed by atoms with Crippen LogP contribution in [0.3, 0.4) is 0 Å². The number of nitrogens with zero attached hydrogens (tertiary/aromatic N) is 2. The first-order valence-corrected chi connectivity index (χ1v) is 9.76. The molecule has 1 amide bonds. The number of rotatable bonds is 6. The molecule has 5 heteroatoms. The lowest BCUT2D eigenvalue weighted by molar-refractivity contribution is -0.139. The number of amides is 1. The van der Waals surface area contributed by atoms with Crippen LogP contribution < -0.4 is 4.74 Å². The summed E-state index contributed by atoms with van der Waals surface area (Å²) in [6, 6.07) is 9.75. The van der Waals surface area contributed by atoms with Gasteiger partial charge in [0.25, 0.3) is 5.91 Å². The number of likely N-dealkylation sites (N-methyl/N-ethyl adjacent to an activating group) is 2. The van der Waals surface area contributed by atoms with Crippen LogP contribution in [0.15, 0.2) is 30.3 Å². The Morgan fingerprint density at radius 2 is 2.07 bits per heavy atom. The molecule has 2 aliphatic rings. The molecule has 5 nitrogen and oxygen atoms in total. The SMILES string of the molecule is C#CCN(C)[C@@H]1C[C@]2(CCCO2)CC[C@H]1N(C)C(=O)COc1ccccc1. The molecule has 0 radical (unpaired) electrons. The van der Waals surface area contributed by atoms with Crippen molar-refractivity contribution in [3.05, 3.63) is 30.3 Å². The molecule has 1 spiro atoms. The smallest absolute Gasteiger partial charge is 0.260 e. The van der Waals surface area contributed by atoms with Crippen LogP contribution in [0.1, 0.15) is 32.1 Å². The van der Waals surface area contributed by atoms with Gasteiger partial charge in [0.05, 0.1) is 12.1 Å². The molecule has 1 saturated heterocycles. The van der Waals surface area contributed by atoms with E-state index < -0.39 is 0 Å². The second-order valence-electron chi connectivity index (χ2n) is 7.74. The number of terminal acetylenes is 1. The van der Waals surface area contributed by atoms with E-state index >= 15 is 0 Å². The fourth-order valence-corrected chi connectivity index (χ4v) is 4.45. The lowest BCUT2D eigenvalue weighted by Crippen LogP contribution is -2.58. The Balaban J connectivity index is 1.66. The van der Waals surface area contributed by atoms with Crippen LogP contribution in [-0.4, -0.2) is 67.2 Å². The predicted molar refractivity (Wildman–Crippen MR) is 106 cm³/mol. The molecule has 1 saturated carbocycles. The molecular formula is C22H30N2O3. The summed E-state index contributed by atoms with van der Waals surface area (Å²) in [6.07, 6.45) is 10.6. The molecule has 0 unspecified atom stereocenters. The molecule has 3 rings (SSSR count). The maximum atomic E-state index is 12.8. The molecule has 1 heterocycles. The summed E-state index contributed by atoms with van der Waals surface area (Å²) in [5, 5.41) is 0. The van der Waals surface area contributed by atoms with Gasteiger partial charge in [0.2, 0.25) is 0 Å². The maximum Gasteiger partial charge on any atom is 0.260 e. The third-order valence-electron chi connectivity index (χ3n) is 6.01. The molecule has 0 bridgehead atoms. The molecule has 0 aromatic heterocycles. The average molecular weight is 370 g/mol. The minimum absolute atomic E-state index is 0.00810. The molecule has 27 heavy (non-hydrogen) atoms. The fraction of sp³-hybridized carbons (Fsp3) is 0.591. The number of carbonyl (C=O) groups is 1. The molecular weight excluding hydrogens is 340 g/mol. The number of benzene rings is 1. The lowest BCUT2D eigenvalue weighted by Gasteiger charge is -2.48. The van der Waals surface area contributed by atoms with Gasteiger partial charge in [-0.1, -0.05) is 24.1 Å². The van der Waals surface area contributed by atoms with Gasteiger partial charge >= 0.3 is 0 Å². The van der Waals surface area contributed by atoms with Gasteiger partial charge in [0, 0.05) is 25.7 Å². The van der Waals surface area contributed by atoms with Crippen LogP contribution in [-0.2, 0) is 9.53 Å². The summed E-state index contributed by atoms with van der Waals surface area (Å²) < 4.78 is 11.8. The van der Waals surface area contributed by atoms with Crippen molar-refractivity contribution in [2.45, 2.75) is 49.8 Å². The Bertz CT molecular complexity index is 664. The second-order valence-corrected chi connectivity index (χ2v) is 7.74. The Hall–Kier alpha value is -2.03. The van der Waals surface area contributed by atoms with Gasteiger partial charge in [-0.3, -0.25) is 9.69 Å². The van der Waals surface area contributed by atoms with Gasteiger partial charge in [-0.25, -0.2) is 0 Å². The predicted octanol–water partition coefficient (Wildman–Crippen LogP) is 2.56. The quantitative estimate of drug-likeness (QED) is 0.722. The van der Waals surface area contributed by atoms with Gasteiger partial charge in [0.15, 0.2) is 6.61 Å². The van der Waals surface area contributed by atoms with Gasteiger partial charge < -0.3 is 14.4 Å². The molecule has 2 fully saturated rings. The van der Waals surface area contributed by atoms with Crippen molar-refractivity contribution in [3.8, 4) is 18.1 Å². The first-order valence-electron chi connectivity index (χ1n) is 9.76. The summed E-state index contributed by atoms with van der Waals surface area (Å²) in [4.78, 5) is 16.8. The number of ether oxygens (including phenoxy) is 2. The first kappa shape index (κ1) is 19.7. The van der Waals surface area contributed by atoms with Gasteiger partial charge in [-0.05, 0) is 51.3 Å². The Labute approximate surface area is 162 Å². The zero-order chi connectivity index (χ0) is 19.3. The van der Waals surface area contributed by atoms with E-state index in [2.05, 4.69) is 10.8 Å². The minimum atomic E-state index is -0.0333. The standard InChI is InChI=1S/C22H30N2O3/c1-4-14-23(2)20-16-22(12-8-15-27-22)13-11-19(20)24(3)21(25)17-26-18-9-6-5-7-10-18/h1,5-7,9-10,19-20H,8,11-17H2,2-3H3/t19-,20-,22+/m1/s1. The number of carbonyl (C=O) groups excluding carboxylic acids is 1. The molecule has 1 aliphatic heterocycles. The normalized spacial score (nSPS) is 27.5. The Morgan fingerprint density at radius 1 is 1.30 bits per heavy atom. The van der Waals surface area contributed by atoms with Crippen molar-refractivity contribution >= 4 is 5.91 Å². The fourth-order valence-electron chi connectivity index (χ4n) is 4.45. The van der Waals surface area contributed by atoms with Gasteiger partial charge in [0.1, 0.15) is 5.75 Å². The monoisotopic (exact) mass is 370 g/mol. The Kier molecular flexibility index (Phi) is 6.41. The zero-order valence-corrected chi connectivity index (χ0v) is 16.4. The first-order chi connectivity index (χ1) is 13.0. The van der Waals surface area contributed by atoms with E-state index in [1.54, 1.807) is 0 Å². The molecule has 1 aliphatic carbocycles. The summed E-state index contributed by atoms with van der Waals surface area (Å²) in [5.74, 6) is 3.44. The minimum Gasteiger partial charge on any atom is -0.484 e. The van der Waals surface area contributed by atoms with Crippen LogP contribution >= 0.6 is 0 Å². The van der Waals surface area contributed by atoms with E-state index in [-0.39, 0.29) is 30.2 Å². The summed E-state index contributed by atoms with van der Waals surface area (Å²) in [6.45, 7) is 1.46. The number of hydrogen-bond acceptors (Lipinski definition) is 4. The van der Waals surface area contributed by atoms with Crippen molar-refractivity contribution in [1.29, 1.82) is 0 Å². The van der Waals surface area contributed by atoms with Gasteiger partial charge in [-0.2, -0.15) is 0 Å². The van der Waals surface area contributed by atoms with Crippen molar-refractivity contribution in [2.24, 2.45) is 0 Å². The van der Waals surface area contributed by atoms with E-state index in [0.717, 1.165) is 38.7 Å². The van der Waals surface area contributed by atoms with Crippen LogP contribution in [0.5, 0.6) is 5.75 Å². The van der Waals surface area contributed by atoms with Gasteiger partial charge in [-0.15, -0.1) is 6.42 Å². The summed E-state index contributed by atoms with van der Waals surface area (Å²) in [5.41, 5.74) is -0.0333. The van der Waals surface area contributed by atoms with E-state index in [1.807, 2.05) is 49.3 Å². The zero-order valence-electron chi connectivity index (χ0n) is 16.4.